The van der Waals surface area contributed by atoms with E-state index >= 15 is 0 Å². The first-order valence-corrected chi connectivity index (χ1v) is 6.35. The number of nitrogens with zero attached hydrogens (tertiary/aromatic N) is 1. The van der Waals surface area contributed by atoms with Crippen LogP contribution in [0.1, 0.15) is 12.0 Å². The third-order valence-electron chi connectivity index (χ3n) is 3.57. The van der Waals surface area contributed by atoms with Gasteiger partial charge in [-0.15, -0.1) is 0 Å². The highest BCUT2D eigenvalue weighted by Gasteiger charge is 2.20. The van der Waals surface area contributed by atoms with Crippen LogP contribution in [0.3, 0.4) is 0 Å². The number of likely N-dealkylation sites (N-methyl/N-ethyl adjacent to an activating group) is 1. The number of methoxy groups -OCH3 is 1. The fraction of sp³-hybridized carbons (Fsp3) is 0.571. The van der Waals surface area contributed by atoms with Crippen LogP contribution in [0.4, 0.5) is 0 Å². The Morgan fingerprint density at radius 2 is 2.24 bits per heavy atom. The minimum Gasteiger partial charge on any atom is -0.496 e. The molecular formula is C14H22N2O. The lowest BCUT2D eigenvalue weighted by atomic mass is 10.1. The fourth-order valence-electron chi connectivity index (χ4n) is 2.46. The van der Waals surface area contributed by atoms with Gasteiger partial charge in [0.25, 0.3) is 0 Å². The van der Waals surface area contributed by atoms with Crippen LogP contribution in [0, 0.1) is 0 Å². The van der Waals surface area contributed by atoms with Gasteiger partial charge in [-0.3, -0.25) is 0 Å². The maximum atomic E-state index is 5.37. The van der Waals surface area contributed by atoms with E-state index in [1.54, 1.807) is 7.11 Å². The minimum atomic E-state index is 0.674. The van der Waals surface area contributed by atoms with Crippen LogP contribution in [0.2, 0.25) is 0 Å². The molecule has 1 aliphatic heterocycles. The van der Waals surface area contributed by atoms with E-state index in [1.165, 1.54) is 25.1 Å². The van der Waals surface area contributed by atoms with Gasteiger partial charge in [0, 0.05) is 19.1 Å². The first-order chi connectivity index (χ1) is 8.33. The summed E-state index contributed by atoms with van der Waals surface area (Å²) in [6, 6.07) is 8.97. The Bertz CT molecular complexity index is 354. The van der Waals surface area contributed by atoms with Gasteiger partial charge in [0.15, 0.2) is 0 Å². The largest absolute Gasteiger partial charge is 0.496 e. The molecular weight excluding hydrogens is 212 g/mol. The Hall–Kier alpha value is -1.06. The molecule has 2 rings (SSSR count). The lowest BCUT2D eigenvalue weighted by molar-refractivity contribution is 0.331. The molecule has 1 unspecified atom stereocenters. The van der Waals surface area contributed by atoms with Gasteiger partial charge >= 0.3 is 0 Å². The highest BCUT2D eigenvalue weighted by atomic mass is 16.5. The zero-order chi connectivity index (χ0) is 12.1. The zero-order valence-corrected chi connectivity index (χ0v) is 10.8. The van der Waals surface area contributed by atoms with Crippen LogP contribution in [-0.4, -0.2) is 44.7 Å². The van der Waals surface area contributed by atoms with Crippen molar-refractivity contribution in [2.45, 2.75) is 18.9 Å². The maximum absolute atomic E-state index is 5.37. The topological polar surface area (TPSA) is 24.5 Å². The Balaban J connectivity index is 1.85. The number of hydrogen-bond donors (Lipinski definition) is 1. The monoisotopic (exact) mass is 234 g/mol. The van der Waals surface area contributed by atoms with Gasteiger partial charge < -0.3 is 15.0 Å². The van der Waals surface area contributed by atoms with Gasteiger partial charge in [0.1, 0.15) is 5.75 Å². The summed E-state index contributed by atoms with van der Waals surface area (Å²) in [5.41, 5.74) is 1.31. The van der Waals surface area contributed by atoms with Crippen molar-refractivity contribution in [1.82, 2.24) is 10.2 Å². The fourth-order valence-corrected chi connectivity index (χ4v) is 2.46. The van der Waals surface area contributed by atoms with Gasteiger partial charge in [-0.2, -0.15) is 0 Å². The second-order valence-electron chi connectivity index (χ2n) is 4.64. The smallest absolute Gasteiger partial charge is 0.122 e. The number of rotatable bonds is 5. The molecule has 0 aliphatic carbocycles. The predicted molar refractivity (Wildman–Crippen MR) is 70.6 cm³/mol. The van der Waals surface area contributed by atoms with E-state index in [2.05, 4.69) is 22.3 Å². The van der Waals surface area contributed by atoms with Crippen LogP contribution in [0.25, 0.3) is 0 Å². The molecule has 0 spiro atoms. The Morgan fingerprint density at radius 1 is 1.41 bits per heavy atom. The number of likely N-dealkylation sites (tertiary alicyclic amines) is 1. The number of ether oxygens (including phenoxy) is 1. The van der Waals surface area contributed by atoms with Gasteiger partial charge in [-0.25, -0.2) is 0 Å². The van der Waals surface area contributed by atoms with Crippen molar-refractivity contribution in [2.24, 2.45) is 0 Å². The van der Waals surface area contributed by atoms with Crippen molar-refractivity contribution < 1.29 is 4.74 Å². The molecule has 3 nitrogen and oxygen atoms in total. The minimum absolute atomic E-state index is 0.674. The quantitative estimate of drug-likeness (QED) is 0.836. The average molecular weight is 234 g/mol. The van der Waals surface area contributed by atoms with Crippen LogP contribution < -0.4 is 10.1 Å². The average Bonchev–Trinajstić information content (AvgIpc) is 2.84. The first kappa shape index (κ1) is 12.4. The molecule has 1 saturated heterocycles. The summed E-state index contributed by atoms with van der Waals surface area (Å²) in [5, 5.41) is 3.35. The Kier molecular flexibility index (Phi) is 4.40. The van der Waals surface area contributed by atoms with Gasteiger partial charge in [0.05, 0.1) is 7.11 Å². The second-order valence-corrected chi connectivity index (χ2v) is 4.64. The number of para-hydroxylation sites is 1. The van der Waals surface area contributed by atoms with E-state index in [9.17, 15) is 0 Å². The van der Waals surface area contributed by atoms with Gasteiger partial charge in [-0.05, 0) is 38.1 Å². The van der Waals surface area contributed by atoms with E-state index in [-0.39, 0.29) is 0 Å². The van der Waals surface area contributed by atoms with Crippen LogP contribution >= 0.6 is 0 Å². The second kappa shape index (κ2) is 6.03. The summed E-state index contributed by atoms with van der Waals surface area (Å²) >= 11 is 0. The standard InChI is InChI=1S/C14H22N2O/c1-15-13-8-10-16(11-13)9-7-12-5-3-4-6-14(12)17-2/h3-6,13,15H,7-11H2,1-2H3. The molecule has 3 heteroatoms. The summed E-state index contributed by atoms with van der Waals surface area (Å²) in [7, 11) is 3.79. The van der Waals surface area contributed by atoms with Crippen molar-refractivity contribution in [3.63, 3.8) is 0 Å². The zero-order valence-electron chi connectivity index (χ0n) is 10.8. The molecule has 94 valence electrons. The number of benzene rings is 1. The molecule has 1 fully saturated rings. The highest BCUT2D eigenvalue weighted by Crippen LogP contribution is 2.19. The van der Waals surface area contributed by atoms with Crippen molar-refractivity contribution in [3.8, 4) is 5.75 Å². The predicted octanol–water partition coefficient (Wildman–Crippen LogP) is 1.53. The SMILES string of the molecule is CNC1CCN(CCc2ccccc2OC)C1. The highest BCUT2D eigenvalue weighted by molar-refractivity contribution is 5.33. The molecule has 0 radical (unpaired) electrons. The van der Waals surface area contributed by atoms with Crippen LogP contribution in [-0.2, 0) is 6.42 Å². The molecule has 17 heavy (non-hydrogen) atoms. The third-order valence-corrected chi connectivity index (χ3v) is 3.57. The lowest BCUT2D eigenvalue weighted by Gasteiger charge is -2.16. The van der Waals surface area contributed by atoms with Crippen molar-refractivity contribution in [2.75, 3.05) is 33.8 Å². The molecule has 1 aromatic carbocycles. The summed E-state index contributed by atoms with van der Waals surface area (Å²) in [6.07, 6.45) is 2.34. The molecule has 0 amide bonds. The van der Waals surface area contributed by atoms with Crippen molar-refractivity contribution in [3.05, 3.63) is 29.8 Å². The maximum Gasteiger partial charge on any atom is 0.122 e. The van der Waals surface area contributed by atoms with Crippen molar-refractivity contribution in [1.29, 1.82) is 0 Å². The molecule has 1 heterocycles. The molecule has 0 saturated carbocycles. The van der Waals surface area contributed by atoms with E-state index in [0.717, 1.165) is 18.7 Å². The van der Waals surface area contributed by atoms with E-state index in [1.807, 2.05) is 19.2 Å². The molecule has 1 atom stereocenters. The van der Waals surface area contributed by atoms with Gasteiger partial charge in [0.2, 0.25) is 0 Å². The lowest BCUT2D eigenvalue weighted by Crippen LogP contribution is -2.30. The van der Waals surface area contributed by atoms with E-state index in [4.69, 9.17) is 4.74 Å². The Morgan fingerprint density at radius 3 is 2.94 bits per heavy atom. The molecule has 0 bridgehead atoms. The summed E-state index contributed by atoms with van der Waals surface area (Å²) in [5.74, 6) is 1.01. The summed E-state index contributed by atoms with van der Waals surface area (Å²) in [4.78, 5) is 2.52. The number of hydrogen-bond acceptors (Lipinski definition) is 3. The summed E-state index contributed by atoms with van der Waals surface area (Å²) in [6.45, 7) is 3.50. The van der Waals surface area contributed by atoms with Crippen LogP contribution in [0.15, 0.2) is 24.3 Å². The van der Waals surface area contributed by atoms with Crippen molar-refractivity contribution >= 4 is 0 Å². The third kappa shape index (κ3) is 3.20. The van der Waals surface area contributed by atoms with Gasteiger partial charge in [-0.1, -0.05) is 18.2 Å². The molecule has 0 aromatic heterocycles. The molecule has 1 aromatic rings. The van der Waals surface area contributed by atoms with E-state index < -0.39 is 0 Å². The molecule has 1 N–H and O–H groups in total. The van der Waals surface area contributed by atoms with Crippen LogP contribution in [0.5, 0.6) is 5.75 Å². The normalized spacial score (nSPS) is 20.7. The van der Waals surface area contributed by atoms with E-state index in [0.29, 0.717) is 6.04 Å². The Labute approximate surface area is 104 Å². The summed E-state index contributed by atoms with van der Waals surface area (Å²) < 4.78 is 5.37. The number of nitrogens with one attached hydrogen (secondary N) is 1. The molecule has 1 aliphatic rings. The first-order valence-electron chi connectivity index (χ1n) is 6.35.